The summed E-state index contributed by atoms with van der Waals surface area (Å²) in [7, 11) is 0. The molecule has 0 aromatic carbocycles. The third-order valence-electron chi connectivity index (χ3n) is 1.36. The zero-order chi connectivity index (χ0) is 10.4. The lowest BCUT2D eigenvalue weighted by molar-refractivity contribution is 0.332. The van der Waals surface area contributed by atoms with Crippen LogP contribution >= 0.6 is 23.2 Å². The molecule has 0 aliphatic carbocycles. The first kappa shape index (κ1) is 11.3. The number of aliphatic hydroxyl groups is 1. The summed E-state index contributed by atoms with van der Waals surface area (Å²) in [5.41, 5.74) is 0. The average molecular weight is 234 g/mol. The fourth-order valence-electron chi connectivity index (χ4n) is 0.778. The number of hydrogen-bond donors (Lipinski definition) is 1. The van der Waals surface area contributed by atoms with Crippen LogP contribution in [-0.2, 0) is 0 Å². The van der Waals surface area contributed by atoms with Gasteiger partial charge in [0, 0.05) is 6.20 Å². The Labute approximate surface area is 91.9 Å². The van der Waals surface area contributed by atoms with Crippen LogP contribution in [0, 0.1) is 0 Å². The fourth-order valence-corrected chi connectivity index (χ4v) is 1.21. The van der Waals surface area contributed by atoms with Crippen molar-refractivity contribution in [3.05, 3.63) is 34.5 Å². The van der Waals surface area contributed by atoms with Gasteiger partial charge in [-0.05, 0) is 12.1 Å². The average Bonchev–Trinajstić information content (AvgIpc) is 2.15. The van der Waals surface area contributed by atoms with Gasteiger partial charge >= 0.3 is 0 Å². The van der Waals surface area contributed by atoms with Gasteiger partial charge in [0.1, 0.15) is 11.6 Å². The maximum Gasteiger partial charge on any atom is 0.232 e. The standard InChI is InChI=1S/C9H9Cl2NO2/c10-7-5-8(11)9(12-6-7)14-4-2-1-3-13/h1-2,5-6,13H,3-4H2/b2-1+. The van der Waals surface area contributed by atoms with Crippen molar-refractivity contribution in [2.45, 2.75) is 0 Å². The van der Waals surface area contributed by atoms with E-state index in [4.69, 9.17) is 33.0 Å². The molecule has 0 amide bonds. The highest BCUT2D eigenvalue weighted by molar-refractivity contribution is 6.35. The van der Waals surface area contributed by atoms with Gasteiger partial charge in [-0.2, -0.15) is 0 Å². The predicted molar refractivity (Wildman–Crippen MR) is 56.0 cm³/mol. The normalized spacial score (nSPS) is 10.8. The minimum atomic E-state index is -0.00879. The number of ether oxygens (including phenoxy) is 1. The maximum absolute atomic E-state index is 8.45. The summed E-state index contributed by atoms with van der Waals surface area (Å²) >= 11 is 11.4. The third kappa shape index (κ3) is 3.54. The van der Waals surface area contributed by atoms with Gasteiger partial charge in [-0.25, -0.2) is 4.98 Å². The van der Waals surface area contributed by atoms with Gasteiger partial charge < -0.3 is 9.84 Å². The van der Waals surface area contributed by atoms with Crippen molar-refractivity contribution in [2.75, 3.05) is 13.2 Å². The molecule has 0 fully saturated rings. The van der Waals surface area contributed by atoms with Crippen LogP contribution in [0.4, 0.5) is 0 Å². The van der Waals surface area contributed by atoms with E-state index >= 15 is 0 Å². The van der Waals surface area contributed by atoms with E-state index in [1.165, 1.54) is 6.20 Å². The van der Waals surface area contributed by atoms with Gasteiger partial charge in [0.2, 0.25) is 5.88 Å². The van der Waals surface area contributed by atoms with Crippen molar-refractivity contribution in [3.8, 4) is 5.88 Å². The molecule has 0 atom stereocenters. The summed E-state index contributed by atoms with van der Waals surface area (Å²) in [5.74, 6) is 0.332. The molecule has 1 N–H and O–H groups in total. The molecule has 14 heavy (non-hydrogen) atoms. The molecule has 0 unspecified atom stereocenters. The summed E-state index contributed by atoms with van der Waals surface area (Å²) in [6, 6.07) is 1.56. The molecule has 1 aromatic heterocycles. The molecule has 1 rings (SSSR count). The Hall–Kier alpha value is -0.770. The molecular formula is C9H9Cl2NO2. The Morgan fingerprint density at radius 1 is 1.43 bits per heavy atom. The molecular weight excluding hydrogens is 225 g/mol. The van der Waals surface area contributed by atoms with Gasteiger partial charge in [-0.1, -0.05) is 29.3 Å². The SMILES string of the molecule is OC/C=C/COc1ncc(Cl)cc1Cl. The number of aliphatic hydroxyl groups excluding tert-OH is 1. The summed E-state index contributed by atoms with van der Waals surface area (Å²) in [6.45, 7) is 0.306. The van der Waals surface area contributed by atoms with Crippen molar-refractivity contribution < 1.29 is 9.84 Å². The first-order valence-electron chi connectivity index (χ1n) is 3.93. The molecule has 1 aromatic rings. The highest BCUT2D eigenvalue weighted by atomic mass is 35.5. The van der Waals surface area contributed by atoms with E-state index in [0.29, 0.717) is 22.5 Å². The molecule has 0 radical (unpaired) electrons. The second-order valence-electron chi connectivity index (χ2n) is 2.41. The lowest BCUT2D eigenvalue weighted by atomic mass is 10.5. The van der Waals surface area contributed by atoms with Crippen molar-refractivity contribution in [1.29, 1.82) is 0 Å². The minimum Gasteiger partial charge on any atom is -0.472 e. The second-order valence-corrected chi connectivity index (χ2v) is 3.25. The van der Waals surface area contributed by atoms with Crippen molar-refractivity contribution >= 4 is 23.2 Å². The maximum atomic E-state index is 8.45. The molecule has 0 saturated carbocycles. The van der Waals surface area contributed by atoms with E-state index in [1.807, 2.05) is 0 Å². The Bertz CT molecular complexity index is 329. The summed E-state index contributed by atoms with van der Waals surface area (Å²) in [5, 5.41) is 9.29. The zero-order valence-corrected chi connectivity index (χ0v) is 8.79. The summed E-state index contributed by atoms with van der Waals surface area (Å²) in [6.07, 6.45) is 4.70. The summed E-state index contributed by atoms with van der Waals surface area (Å²) < 4.78 is 5.19. The first-order valence-corrected chi connectivity index (χ1v) is 4.69. The van der Waals surface area contributed by atoms with Crippen molar-refractivity contribution in [2.24, 2.45) is 0 Å². The second kappa shape index (κ2) is 5.86. The molecule has 0 spiro atoms. The van der Waals surface area contributed by atoms with Crippen molar-refractivity contribution in [3.63, 3.8) is 0 Å². The van der Waals surface area contributed by atoms with Gasteiger partial charge in [0.25, 0.3) is 0 Å². The van der Waals surface area contributed by atoms with E-state index in [2.05, 4.69) is 4.98 Å². The largest absolute Gasteiger partial charge is 0.472 e. The highest BCUT2D eigenvalue weighted by Crippen LogP contribution is 2.24. The van der Waals surface area contributed by atoms with E-state index in [9.17, 15) is 0 Å². The van der Waals surface area contributed by atoms with Gasteiger partial charge in [-0.3, -0.25) is 0 Å². The van der Waals surface area contributed by atoms with Crippen LogP contribution in [0.5, 0.6) is 5.88 Å². The third-order valence-corrected chi connectivity index (χ3v) is 1.84. The van der Waals surface area contributed by atoms with Crippen LogP contribution in [0.25, 0.3) is 0 Å². The molecule has 0 bridgehead atoms. The smallest absolute Gasteiger partial charge is 0.232 e. The minimum absolute atomic E-state index is 0.00879. The van der Waals surface area contributed by atoms with Gasteiger partial charge in [0.05, 0.1) is 11.6 Å². The van der Waals surface area contributed by atoms with Crippen molar-refractivity contribution in [1.82, 2.24) is 4.98 Å². The topological polar surface area (TPSA) is 42.4 Å². The fraction of sp³-hybridized carbons (Fsp3) is 0.222. The highest BCUT2D eigenvalue weighted by Gasteiger charge is 2.02. The van der Waals surface area contributed by atoms with Crippen LogP contribution in [-0.4, -0.2) is 23.3 Å². The molecule has 0 saturated heterocycles. The Morgan fingerprint density at radius 3 is 2.86 bits per heavy atom. The quantitative estimate of drug-likeness (QED) is 0.813. The zero-order valence-electron chi connectivity index (χ0n) is 7.28. The number of pyridine rings is 1. The van der Waals surface area contributed by atoms with Crippen LogP contribution in [0.2, 0.25) is 10.0 Å². The lowest BCUT2D eigenvalue weighted by Gasteiger charge is -2.03. The molecule has 0 aliphatic rings. The van der Waals surface area contributed by atoms with E-state index in [0.717, 1.165) is 0 Å². The van der Waals surface area contributed by atoms with Gasteiger partial charge in [-0.15, -0.1) is 0 Å². The number of nitrogens with zero attached hydrogens (tertiary/aromatic N) is 1. The molecule has 5 heteroatoms. The first-order chi connectivity index (χ1) is 6.74. The molecule has 3 nitrogen and oxygen atoms in total. The van der Waals surface area contributed by atoms with E-state index < -0.39 is 0 Å². The Kier molecular flexibility index (Phi) is 4.73. The molecule has 0 aliphatic heterocycles. The molecule has 76 valence electrons. The number of rotatable bonds is 4. The van der Waals surface area contributed by atoms with Crippen LogP contribution < -0.4 is 4.74 Å². The predicted octanol–water partition coefficient (Wildman–Crippen LogP) is 2.32. The number of hydrogen-bond acceptors (Lipinski definition) is 3. The van der Waals surface area contributed by atoms with Crippen LogP contribution in [0.15, 0.2) is 24.4 Å². The van der Waals surface area contributed by atoms with Gasteiger partial charge in [0.15, 0.2) is 0 Å². The Balaban J connectivity index is 2.55. The van der Waals surface area contributed by atoms with Crippen LogP contribution in [0.3, 0.4) is 0 Å². The van der Waals surface area contributed by atoms with E-state index in [-0.39, 0.29) is 6.61 Å². The monoisotopic (exact) mass is 233 g/mol. The number of halogens is 2. The van der Waals surface area contributed by atoms with E-state index in [1.54, 1.807) is 18.2 Å². The van der Waals surface area contributed by atoms with Crippen LogP contribution in [0.1, 0.15) is 0 Å². The summed E-state index contributed by atoms with van der Waals surface area (Å²) in [4.78, 5) is 3.89. The lowest BCUT2D eigenvalue weighted by Crippen LogP contribution is -1.96. The molecule has 1 heterocycles. The Morgan fingerprint density at radius 2 is 2.21 bits per heavy atom. The number of aromatic nitrogens is 1.